The van der Waals surface area contributed by atoms with E-state index in [9.17, 15) is 14.4 Å². The minimum absolute atomic E-state index is 0.0726. The fraction of sp³-hybridized carbons (Fsp3) is 0.583. The number of rotatable bonds is 5. The highest BCUT2D eigenvalue weighted by Crippen LogP contribution is 2.28. The van der Waals surface area contributed by atoms with Crippen LogP contribution in [0.1, 0.15) is 40.0 Å². The van der Waals surface area contributed by atoms with E-state index in [4.69, 9.17) is 9.47 Å². The van der Waals surface area contributed by atoms with Crippen molar-refractivity contribution in [2.75, 3.05) is 0 Å². The van der Waals surface area contributed by atoms with Crippen molar-refractivity contribution >= 4 is 17.7 Å². The molecule has 5 nitrogen and oxygen atoms in total. The molecule has 17 heavy (non-hydrogen) atoms. The quantitative estimate of drug-likeness (QED) is 0.538. The lowest BCUT2D eigenvalue weighted by molar-refractivity contribution is -0.144. The Labute approximate surface area is 99.8 Å². The Morgan fingerprint density at radius 2 is 2.00 bits per heavy atom. The van der Waals surface area contributed by atoms with Gasteiger partial charge in [-0.15, -0.1) is 0 Å². The second-order valence-electron chi connectivity index (χ2n) is 3.93. The minimum atomic E-state index is -0.699. The average Bonchev–Trinajstić information content (AvgIpc) is 2.51. The van der Waals surface area contributed by atoms with Crippen LogP contribution < -0.4 is 0 Å². The third-order valence-electron chi connectivity index (χ3n) is 2.42. The molecule has 0 N–H and O–H groups in total. The molecule has 1 heterocycles. The van der Waals surface area contributed by atoms with E-state index in [1.165, 1.54) is 13.8 Å². The van der Waals surface area contributed by atoms with E-state index in [2.05, 4.69) is 0 Å². The van der Waals surface area contributed by atoms with Gasteiger partial charge >= 0.3 is 11.9 Å². The molecule has 0 radical (unpaired) electrons. The van der Waals surface area contributed by atoms with Crippen LogP contribution in [0.4, 0.5) is 0 Å². The Bertz CT molecular complexity index is 380. The number of carbonyl (C=O) groups is 3. The zero-order chi connectivity index (χ0) is 13.0. The van der Waals surface area contributed by atoms with Crippen molar-refractivity contribution in [2.45, 2.75) is 46.1 Å². The van der Waals surface area contributed by atoms with Gasteiger partial charge in [0, 0.05) is 6.92 Å². The number of Topliss-reactive ketones (excluding diaryl/α,β-unsaturated/α-hetero) is 1. The van der Waals surface area contributed by atoms with E-state index in [1.807, 2.05) is 6.92 Å². The van der Waals surface area contributed by atoms with Gasteiger partial charge in [-0.2, -0.15) is 0 Å². The van der Waals surface area contributed by atoms with E-state index in [0.29, 0.717) is 6.42 Å². The highest BCUT2D eigenvalue weighted by atomic mass is 16.6. The number of esters is 2. The highest BCUT2D eigenvalue weighted by molar-refractivity contribution is 6.18. The van der Waals surface area contributed by atoms with Gasteiger partial charge in [-0.25, -0.2) is 4.79 Å². The maximum absolute atomic E-state index is 11.5. The topological polar surface area (TPSA) is 69.7 Å². The number of cyclic esters (lactones) is 1. The van der Waals surface area contributed by atoms with E-state index in [1.54, 1.807) is 0 Å². The molecule has 0 bridgehead atoms. The Hall–Kier alpha value is -1.65. The summed E-state index contributed by atoms with van der Waals surface area (Å²) in [6, 6.07) is 0. The Balaban J connectivity index is 2.98. The van der Waals surface area contributed by atoms with E-state index in [0.717, 1.165) is 12.8 Å². The van der Waals surface area contributed by atoms with Gasteiger partial charge in [0.25, 0.3) is 0 Å². The normalized spacial score (nSPS) is 19.2. The van der Waals surface area contributed by atoms with Crippen molar-refractivity contribution < 1.29 is 23.9 Å². The van der Waals surface area contributed by atoms with Gasteiger partial charge in [0.05, 0.1) is 0 Å². The first-order valence-corrected chi connectivity index (χ1v) is 5.61. The maximum atomic E-state index is 11.5. The van der Waals surface area contributed by atoms with Crippen LogP contribution in [-0.4, -0.2) is 23.8 Å². The molecule has 1 aliphatic rings. The summed E-state index contributed by atoms with van der Waals surface area (Å²) in [6.07, 6.45) is 1.71. The van der Waals surface area contributed by atoms with Gasteiger partial charge in [-0.3, -0.25) is 9.59 Å². The van der Waals surface area contributed by atoms with Crippen molar-refractivity contribution in [1.82, 2.24) is 0 Å². The first-order chi connectivity index (χ1) is 7.97. The van der Waals surface area contributed by atoms with Crippen LogP contribution in [0.5, 0.6) is 0 Å². The molecule has 1 aliphatic heterocycles. The van der Waals surface area contributed by atoms with Crippen molar-refractivity contribution in [2.24, 2.45) is 0 Å². The molecule has 0 aromatic heterocycles. The lowest BCUT2D eigenvalue weighted by Gasteiger charge is -2.12. The molecule has 0 amide bonds. The standard InChI is InChI=1S/C12H16O5/c1-4-5-6-9-11(16-8(3)14)10(7(2)13)12(15)17-9/h9H,4-6H2,1-3H3. The summed E-state index contributed by atoms with van der Waals surface area (Å²) < 4.78 is 9.98. The molecule has 0 aromatic carbocycles. The second kappa shape index (κ2) is 5.61. The summed E-state index contributed by atoms with van der Waals surface area (Å²) in [5, 5.41) is 0. The minimum Gasteiger partial charge on any atom is -0.450 e. The van der Waals surface area contributed by atoms with Gasteiger partial charge in [-0.05, 0) is 19.8 Å². The summed E-state index contributed by atoms with van der Waals surface area (Å²) in [5.41, 5.74) is -0.138. The van der Waals surface area contributed by atoms with Crippen LogP contribution in [0.3, 0.4) is 0 Å². The van der Waals surface area contributed by atoms with Gasteiger partial charge in [0.2, 0.25) is 0 Å². The molecular formula is C12H16O5. The Morgan fingerprint density at radius 3 is 2.47 bits per heavy atom. The first-order valence-electron chi connectivity index (χ1n) is 5.61. The third kappa shape index (κ3) is 3.15. The fourth-order valence-electron chi connectivity index (χ4n) is 1.67. The lowest BCUT2D eigenvalue weighted by atomic mass is 10.1. The monoisotopic (exact) mass is 240 g/mol. The maximum Gasteiger partial charge on any atom is 0.346 e. The molecule has 0 saturated heterocycles. The molecule has 0 aromatic rings. The Morgan fingerprint density at radius 1 is 1.35 bits per heavy atom. The molecule has 94 valence electrons. The largest absolute Gasteiger partial charge is 0.450 e. The Kier molecular flexibility index (Phi) is 4.43. The molecule has 1 unspecified atom stereocenters. The van der Waals surface area contributed by atoms with Crippen LogP contribution in [0.15, 0.2) is 11.3 Å². The van der Waals surface area contributed by atoms with Gasteiger partial charge < -0.3 is 9.47 Å². The van der Waals surface area contributed by atoms with E-state index in [-0.39, 0.29) is 11.3 Å². The molecule has 1 rings (SSSR count). The molecule has 0 fully saturated rings. The van der Waals surface area contributed by atoms with Crippen LogP contribution in [-0.2, 0) is 23.9 Å². The second-order valence-corrected chi connectivity index (χ2v) is 3.93. The SMILES string of the molecule is CCCCC1OC(=O)C(C(C)=O)=C1OC(C)=O. The molecule has 0 saturated carbocycles. The smallest absolute Gasteiger partial charge is 0.346 e. The zero-order valence-electron chi connectivity index (χ0n) is 10.2. The van der Waals surface area contributed by atoms with Crippen LogP contribution in [0, 0.1) is 0 Å². The summed E-state index contributed by atoms with van der Waals surface area (Å²) in [4.78, 5) is 33.8. The fourth-order valence-corrected chi connectivity index (χ4v) is 1.67. The number of hydrogen-bond acceptors (Lipinski definition) is 5. The average molecular weight is 240 g/mol. The molecule has 0 aliphatic carbocycles. The number of ether oxygens (including phenoxy) is 2. The molecule has 5 heteroatoms. The summed E-state index contributed by atoms with van der Waals surface area (Å²) in [7, 11) is 0. The predicted molar refractivity (Wildman–Crippen MR) is 58.9 cm³/mol. The van der Waals surface area contributed by atoms with Crippen molar-refractivity contribution in [1.29, 1.82) is 0 Å². The molecule has 0 spiro atoms. The number of unbranched alkanes of at least 4 members (excludes halogenated alkanes) is 1. The van der Waals surface area contributed by atoms with E-state index >= 15 is 0 Å². The van der Waals surface area contributed by atoms with Crippen LogP contribution in [0.25, 0.3) is 0 Å². The van der Waals surface area contributed by atoms with Crippen molar-refractivity contribution in [3.8, 4) is 0 Å². The van der Waals surface area contributed by atoms with Gasteiger partial charge in [0.15, 0.2) is 17.6 Å². The summed E-state index contributed by atoms with van der Waals surface area (Å²) in [6.45, 7) is 4.48. The predicted octanol–water partition coefficient (Wildman–Crippen LogP) is 1.51. The van der Waals surface area contributed by atoms with Crippen molar-refractivity contribution in [3.05, 3.63) is 11.3 Å². The first kappa shape index (κ1) is 13.4. The number of hydrogen-bond donors (Lipinski definition) is 0. The van der Waals surface area contributed by atoms with E-state index < -0.39 is 23.8 Å². The lowest BCUT2D eigenvalue weighted by Crippen LogP contribution is -2.15. The number of ketones is 1. The van der Waals surface area contributed by atoms with Crippen LogP contribution >= 0.6 is 0 Å². The molecule has 1 atom stereocenters. The van der Waals surface area contributed by atoms with Gasteiger partial charge in [-0.1, -0.05) is 13.3 Å². The zero-order valence-corrected chi connectivity index (χ0v) is 10.2. The summed E-state index contributed by atoms with van der Waals surface area (Å²) in [5.74, 6) is -1.62. The van der Waals surface area contributed by atoms with Crippen LogP contribution in [0.2, 0.25) is 0 Å². The van der Waals surface area contributed by atoms with Crippen molar-refractivity contribution in [3.63, 3.8) is 0 Å². The third-order valence-corrected chi connectivity index (χ3v) is 2.42. The highest BCUT2D eigenvalue weighted by Gasteiger charge is 2.38. The van der Waals surface area contributed by atoms with Gasteiger partial charge in [0.1, 0.15) is 5.57 Å². The number of carbonyl (C=O) groups excluding carboxylic acids is 3. The molecular weight excluding hydrogens is 224 g/mol. The summed E-state index contributed by atoms with van der Waals surface area (Å²) >= 11 is 0.